The van der Waals surface area contributed by atoms with E-state index < -0.39 is 0 Å². The predicted octanol–water partition coefficient (Wildman–Crippen LogP) is 1.98. The third-order valence-electron chi connectivity index (χ3n) is 2.70. The summed E-state index contributed by atoms with van der Waals surface area (Å²) >= 11 is 0. The van der Waals surface area contributed by atoms with Gasteiger partial charge in [0.1, 0.15) is 0 Å². The SMILES string of the molecule is N[C@H]1CCC[C@@H]1Nc1ccccc1. The molecule has 2 rings (SSSR count). The molecule has 0 amide bonds. The van der Waals surface area contributed by atoms with E-state index in [1.807, 2.05) is 18.2 Å². The first-order chi connectivity index (χ1) is 6.36. The molecular weight excluding hydrogens is 160 g/mol. The van der Waals surface area contributed by atoms with Crippen LogP contribution in [0.4, 0.5) is 5.69 Å². The van der Waals surface area contributed by atoms with Crippen LogP contribution >= 0.6 is 0 Å². The van der Waals surface area contributed by atoms with E-state index in [0.717, 1.165) is 6.42 Å². The number of rotatable bonds is 2. The quantitative estimate of drug-likeness (QED) is 0.723. The van der Waals surface area contributed by atoms with E-state index in [1.54, 1.807) is 0 Å². The van der Waals surface area contributed by atoms with Crippen LogP contribution < -0.4 is 11.1 Å². The lowest BCUT2D eigenvalue weighted by Crippen LogP contribution is -2.35. The van der Waals surface area contributed by atoms with E-state index in [2.05, 4.69) is 17.4 Å². The average Bonchev–Trinajstić information content (AvgIpc) is 2.54. The van der Waals surface area contributed by atoms with Gasteiger partial charge < -0.3 is 11.1 Å². The van der Waals surface area contributed by atoms with Gasteiger partial charge in [-0.25, -0.2) is 0 Å². The molecule has 0 spiro atoms. The van der Waals surface area contributed by atoms with Crippen molar-refractivity contribution in [3.05, 3.63) is 30.3 Å². The first-order valence-corrected chi connectivity index (χ1v) is 4.93. The summed E-state index contributed by atoms with van der Waals surface area (Å²) in [5.74, 6) is 0. The zero-order valence-corrected chi connectivity index (χ0v) is 7.74. The number of para-hydroxylation sites is 1. The van der Waals surface area contributed by atoms with Crippen LogP contribution in [0, 0.1) is 0 Å². The fraction of sp³-hybridized carbons (Fsp3) is 0.455. The molecule has 70 valence electrons. The maximum Gasteiger partial charge on any atom is 0.0412 e. The van der Waals surface area contributed by atoms with Crippen LogP contribution in [0.2, 0.25) is 0 Å². The highest BCUT2D eigenvalue weighted by molar-refractivity contribution is 5.43. The highest BCUT2D eigenvalue weighted by Crippen LogP contribution is 2.21. The lowest BCUT2D eigenvalue weighted by atomic mass is 10.2. The van der Waals surface area contributed by atoms with Crippen molar-refractivity contribution in [2.45, 2.75) is 31.3 Å². The van der Waals surface area contributed by atoms with E-state index in [0.29, 0.717) is 12.1 Å². The molecule has 0 saturated heterocycles. The molecule has 2 heteroatoms. The second kappa shape index (κ2) is 3.79. The lowest BCUT2D eigenvalue weighted by molar-refractivity contribution is 0.638. The Morgan fingerprint density at radius 3 is 2.54 bits per heavy atom. The van der Waals surface area contributed by atoms with Crippen LogP contribution in [-0.4, -0.2) is 12.1 Å². The molecule has 1 aliphatic carbocycles. The molecule has 1 aromatic rings. The zero-order chi connectivity index (χ0) is 9.10. The van der Waals surface area contributed by atoms with Gasteiger partial charge in [-0.05, 0) is 31.4 Å². The molecule has 1 fully saturated rings. The molecule has 0 aliphatic heterocycles. The molecule has 13 heavy (non-hydrogen) atoms. The number of hydrogen-bond acceptors (Lipinski definition) is 2. The molecule has 1 saturated carbocycles. The van der Waals surface area contributed by atoms with Crippen LogP contribution in [0.3, 0.4) is 0 Å². The van der Waals surface area contributed by atoms with Crippen molar-refractivity contribution in [2.75, 3.05) is 5.32 Å². The van der Waals surface area contributed by atoms with Gasteiger partial charge in [-0.1, -0.05) is 18.2 Å². The first-order valence-electron chi connectivity index (χ1n) is 4.93. The smallest absolute Gasteiger partial charge is 0.0412 e. The standard InChI is InChI=1S/C11H16N2/c12-10-7-4-8-11(10)13-9-5-2-1-3-6-9/h1-3,5-6,10-11,13H,4,7-8,12H2/t10-,11-/m0/s1. The van der Waals surface area contributed by atoms with Gasteiger partial charge in [0.15, 0.2) is 0 Å². The van der Waals surface area contributed by atoms with Gasteiger partial charge in [-0.2, -0.15) is 0 Å². The van der Waals surface area contributed by atoms with Crippen molar-refractivity contribution in [1.82, 2.24) is 0 Å². The molecule has 0 bridgehead atoms. The highest BCUT2D eigenvalue weighted by atomic mass is 15.0. The number of nitrogens with one attached hydrogen (secondary N) is 1. The number of hydrogen-bond donors (Lipinski definition) is 2. The van der Waals surface area contributed by atoms with Gasteiger partial charge in [-0.3, -0.25) is 0 Å². The summed E-state index contributed by atoms with van der Waals surface area (Å²) in [6.07, 6.45) is 3.62. The Hall–Kier alpha value is -1.02. The molecule has 1 aromatic carbocycles. The largest absolute Gasteiger partial charge is 0.381 e. The van der Waals surface area contributed by atoms with Gasteiger partial charge in [0.2, 0.25) is 0 Å². The van der Waals surface area contributed by atoms with Gasteiger partial charge >= 0.3 is 0 Å². The summed E-state index contributed by atoms with van der Waals surface area (Å²) in [6, 6.07) is 11.1. The number of anilines is 1. The molecule has 0 radical (unpaired) electrons. The Morgan fingerprint density at radius 1 is 1.15 bits per heavy atom. The van der Waals surface area contributed by atoms with E-state index in [1.165, 1.54) is 18.5 Å². The van der Waals surface area contributed by atoms with Crippen molar-refractivity contribution in [3.63, 3.8) is 0 Å². The van der Waals surface area contributed by atoms with Gasteiger partial charge in [0, 0.05) is 17.8 Å². The minimum Gasteiger partial charge on any atom is -0.381 e. The summed E-state index contributed by atoms with van der Waals surface area (Å²) < 4.78 is 0. The summed E-state index contributed by atoms with van der Waals surface area (Å²) in [5.41, 5.74) is 7.15. The van der Waals surface area contributed by atoms with Gasteiger partial charge in [-0.15, -0.1) is 0 Å². The molecule has 2 atom stereocenters. The Kier molecular flexibility index (Phi) is 2.50. The van der Waals surface area contributed by atoms with Gasteiger partial charge in [0.05, 0.1) is 0 Å². The molecule has 0 heterocycles. The van der Waals surface area contributed by atoms with Gasteiger partial charge in [0.25, 0.3) is 0 Å². The third-order valence-corrected chi connectivity index (χ3v) is 2.70. The lowest BCUT2D eigenvalue weighted by Gasteiger charge is -2.18. The fourth-order valence-corrected chi connectivity index (χ4v) is 1.92. The van der Waals surface area contributed by atoms with E-state index >= 15 is 0 Å². The second-order valence-corrected chi connectivity index (χ2v) is 3.71. The maximum absolute atomic E-state index is 5.96. The van der Waals surface area contributed by atoms with Crippen molar-refractivity contribution in [1.29, 1.82) is 0 Å². The van der Waals surface area contributed by atoms with Crippen molar-refractivity contribution in [3.8, 4) is 0 Å². The van der Waals surface area contributed by atoms with Crippen LogP contribution in [0.5, 0.6) is 0 Å². The van der Waals surface area contributed by atoms with Crippen LogP contribution in [0.25, 0.3) is 0 Å². The first kappa shape index (κ1) is 8.57. The summed E-state index contributed by atoms with van der Waals surface area (Å²) in [6.45, 7) is 0. The van der Waals surface area contributed by atoms with Crippen LogP contribution in [0.1, 0.15) is 19.3 Å². The van der Waals surface area contributed by atoms with Crippen molar-refractivity contribution < 1.29 is 0 Å². The average molecular weight is 176 g/mol. The van der Waals surface area contributed by atoms with E-state index in [9.17, 15) is 0 Å². The Morgan fingerprint density at radius 2 is 1.92 bits per heavy atom. The minimum atomic E-state index is 0.334. The van der Waals surface area contributed by atoms with Crippen LogP contribution in [0.15, 0.2) is 30.3 Å². The highest BCUT2D eigenvalue weighted by Gasteiger charge is 2.23. The zero-order valence-electron chi connectivity index (χ0n) is 7.74. The fourth-order valence-electron chi connectivity index (χ4n) is 1.92. The summed E-state index contributed by atoms with van der Waals surface area (Å²) in [7, 11) is 0. The minimum absolute atomic E-state index is 0.334. The third kappa shape index (κ3) is 2.01. The predicted molar refractivity (Wildman–Crippen MR) is 55.7 cm³/mol. The molecular formula is C11H16N2. The van der Waals surface area contributed by atoms with Crippen molar-refractivity contribution in [2.24, 2.45) is 5.73 Å². The topological polar surface area (TPSA) is 38.0 Å². The second-order valence-electron chi connectivity index (χ2n) is 3.71. The van der Waals surface area contributed by atoms with Crippen LogP contribution in [-0.2, 0) is 0 Å². The Balaban J connectivity index is 1.98. The molecule has 2 nitrogen and oxygen atoms in total. The van der Waals surface area contributed by atoms with Crippen molar-refractivity contribution >= 4 is 5.69 Å². The summed E-state index contributed by atoms with van der Waals surface area (Å²) in [5, 5.41) is 3.47. The summed E-state index contributed by atoms with van der Waals surface area (Å²) in [4.78, 5) is 0. The molecule has 3 N–H and O–H groups in total. The Labute approximate surface area is 79.1 Å². The normalized spacial score (nSPS) is 27.5. The molecule has 0 aromatic heterocycles. The Bertz CT molecular complexity index is 258. The van der Waals surface area contributed by atoms with E-state index in [-0.39, 0.29) is 0 Å². The number of nitrogens with two attached hydrogens (primary N) is 1. The monoisotopic (exact) mass is 176 g/mol. The van der Waals surface area contributed by atoms with E-state index in [4.69, 9.17) is 5.73 Å². The molecule has 1 aliphatic rings. The number of benzene rings is 1. The molecule has 0 unspecified atom stereocenters. The maximum atomic E-state index is 5.96.